The summed E-state index contributed by atoms with van der Waals surface area (Å²) >= 11 is 0. The van der Waals surface area contributed by atoms with Gasteiger partial charge in [0.2, 0.25) is 0 Å². The van der Waals surface area contributed by atoms with Crippen LogP contribution in [0, 0.1) is 0 Å². The van der Waals surface area contributed by atoms with Gasteiger partial charge in [-0.2, -0.15) is 0 Å². The number of aliphatic hydroxyl groups excluding tert-OH is 1. The van der Waals surface area contributed by atoms with Gasteiger partial charge in [0.25, 0.3) is 11.8 Å². The van der Waals surface area contributed by atoms with Gasteiger partial charge in [-0.15, -0.1) is 0 Å². The van der Waals surface area contributed by atoms with Crippen molar-refractivity contribution in [3.05, 3.63) is 29.8 Å². The number of primary amides is 1. The summed E-state index contributed by atoms with van der Waals surface area (Å²) in [4.78, 5) is 22.4. The summed E-state index contributed by atoms with van der Waals surface area (Å²) < 4.78 is 5.08. The van der Waals surface area contributed by atoms with E-state index in [1.54, 1.807) is 38.1 Å². The minimum Gasteiger partial charge on any atom is -0.484 e. The Labute approximate surface area is 111 Å². The molecule has 0 aliphatic rings. The second-order valence-corrected chi connectivity index (χ2v) is 4.78. The van der Waals surface area contributed by atoms with Crippen molar-refractivity contribution in [1.82, 2.24) is 5.32 Å². The summed E-state index contributed by atoms with van der Waals surface area (Å²) in [6.45, 7) is 3.08. The Kier molecular flexibility index (Phi) is 4.88. The molecule has 2 amide bonds. The van der Waals surface area contributed by atoms with E-state index < -0.39 is 11.4 Å². The van der Waals surface area contributed by atoms with Crippen LogP contribution in [-0.2, 0) is 4.79 Å². The molecule has 104 valence electrons. The highest BCUT2D eigenvalue weighted by Gasteiger charge is 2.19. The van der Waals surface area contributed by atoms with Crippen LogP contribution in [0.2, 0.25) is 0 Å². The van der Waals surface area contributed by atoms with Crippen molar-refractivity contribution in [3.8, 4) is 5.75 Å². The second kappa shape index (κ2) is 6.19. The number of benzene rings is 1. The number of ether oxygens (including phenoxy) is 1. The van der Waals surface area contributed by atoms with Crippen molar-refractivity contribution in [1.29, 1.82) is 0 Å². The molecule has 0 saturated heterocycles. The maximum Gasteiger partial charge on any atom is 0.255 e. The third-order valence-electron chi connectivity index (χ3n) is 2.34. The fourth-order valence-electron chi connectivity index (χ4n) is 1.28. The maximum atomic E-state index is 11.9. The smallest absolute Gasteiger partial charge is 0.255 e. The van der Waals surface area contributed by atoms with Gasteiger partial charge in [-0.25, -0.2) is 0 Å². The Morgan fingerprint density at radius 3 is 2.37 bits per heavy atom. The van der Waals surface area contributed by atoms with Gasteiger partial charge in [-0.1, -0.05) is 0 Å². The van der Waals surface area contributed by atoms with Gasteiger partial charge in [0.15, 0.2) is 6.61 Å². The SMILES string of the molecule is CC(C)(CO)NC(=O)c1ccc(OCC(N)=O)cc1. The molecule has 0 fully saturated rings. The Morgan fingerprint density at radius 1 is 1.32 bits per heavy atom. The van der Waals surface area contributed by atoms with E-state index in [2.05, 4.69) is 5.32 Å². The van der Waals surface area contributed by atoms with E-state index in [0.29, 0.717) is 11.3 Å². The molecule has 4 N–H and O–H groups in total. The lowest BCUT2D eigenvalue weighted by Gasteiger charge is -2.23. The number of hydrogen-bond donors (Lipinski definition) is 3. The molecule has 0 aliphatic heterocycles. The lowest BCUT2D eigenvalue weighted by atomic mass is 10.1. The molecule has 6 heteroatoms. The van der Waals surface area contributed by atoms with Crippen molar-refractivity contribution < 1.29 is 19.4 Å². The van der Waals surface area contributed by atoms with Crippen LogP contribution in [0.25, 0.3) is 0 Å². The minimum absolute atomic E-state index is 0.154. The Bertz CT molecular complexity index is 454. The predicted octanol–water partition coefficient (Wildman–Crippen LogP) is 0.0514. The zero-order valence-electron chi connectivity index (χ0n) is 11.0. The zero-order chi connectivity index (χ0) is 14.5. The molecule has 1 rings (SSSR count). The minimum atomic E-state index is -0.682. The Morgan fingerprint density at radius 2 is 1.89 bits per heavy atom. The quantitative estimate of drug-likeness (QED) is 0.677. The first-order valence-corrected chi connectivity index (χ1v) is 5.78. The standard InChI is InChI=1S/C13H18N2O4/c1-13(2,8-16)15-12(18)9-3-5-10(6-4-9)19-7-11(14)17/h3-6,16H,7-8H2,1-2H3,(H2,14,17)(H,15,18). The fourth-order valence-corrected chi connectivity index (χ4v) is 1.28. The van der Waals surface area contributed by atoms with E-state index in [-0.39, 0.29) is 19.1 Å². The van der Waals surface area contributed by atoms with E-state index in [1.807, 2.05) is 0 Å². The van der Waals surface area contributed by atoms with Crippen LogP contribution in [0.3, 0.4) is 0 Å². The number of hydrogen-bond acceptors (Lipinski definition) is 4. The van der Waals surface area contributed by atoms with Crippen LogP contribution in [-0.4, -0.2) is 35.7 Å². The maximum absolute atomic E-state index is 11.9. The van der Waals surface area contributed by atoms with Crippen LogP contribution in [0.15, 0.2) is 24.3 Å². The topological polar surface area (TPSA) is 102 Å². The summed E-state index contributed by atoms with van der Waals surface area (Å²) in [7, 11) is 0. The zero-order valence-corrected chi connectivity index (χ0v) is 11.0. The summed E-state index contributed by atoms with van der Waals surface area (Å²) in [6, 6.07) is 6.28. The normalized spacial score (nSPS) is 10.9. The van der Waals surface area contributed by atoms with Gasteiger partial charge in [0.1, 0.15) is 5.75 Å². The molecular weight excluding hydrogens is 248 g/mol. The third kappa shape index (κ3) is 4.97. The summed E-state index contributed by atoms with van der Waals surface area (Å²) in [5.74, 6) is -0.399. The van der Waals surface area contributed by atoms with Crippen molar-refractivity contribution in [2.75, 3.05) is 13.2 Å². The number of nitrogens with one attached hydrogen (secondary N) is 1. The molecule has 1 aromatic carbocycles. The highest BCUT2D eigenvalue weighted by atomic mass is 16.5. The van der Waals surface area contributed by atoms with Gasteiger partial charge in [0, 0.05) is 5.56 Å². The molecule has 0 heterocycles. The van der Waals surface area contributed by atoms with E-state index in [1.165, 1.54) is 0 Å². The second-order valence-electron chi connectivity index (χ2n) is 4.78. The van der Waals surface area contributed by atoms with Crippen LogP contribution in [0.4, 0.5) is 0 Å². The Balaban J connectivity index is 2.65. The number of carbonyl (C=O) groups excluding carboxylic acids is 2. The number of nitrogens with two attached hydrogens (primary N) is 1. The monoisotopic (exact) mass is 266 g/mol. The molecule has 1 aromatic rings. The first-order valence-electron chi connectivity index (χ1n) is 5.78. The van der Waals surface area contributed by atoms with Gasteiger partial charge in [-0.3, -0.25) is 9.59 Å². The van der Waals surface area contributed by atoms with Gasteiger partial charge in [0.05, 0.1) is 12.1 Å². The lowest BCUT2D eigenvalue weighted by molar-refractivity contribution is -0.119. The lowest BCUT2D eigenvalue weighted by Crippen LogP contribution is -2.46. The first-order chi connectivity index (χ1) is 8.84. The summed E-state index contributed by atoms with van der Waals surface area (Å²) in [5, 5.41) is 11.8. The van der Waals surface area contributed by atoms with Gasteiger partial charge >= 0.3 is 0 Å². The average Bonchev–Trinajstić information content (AvgIpc) is 2.36. The molecule has 19 heavy (non-hydrogen) atoms. The summed E-state index contributed by atoms with van der Waals surface area (Å²) in [6.07, 6.45) is 0. The first kappa shape index (κ1) is 15.0. The molecular formula is C13H18N2O4. The predicted molar refractivity (Wildman–Crippen MR) is 69.8 cm³/mol. The van der Waals surface area contributed by atoms with Crippen LogP contribution < -0.4 is 15.8 Å². The van der Waals surface area contributed by atoms with Crippen molar-refractivity contribution in [2.24, 2.45) is 5.73 Å². The summed E-state index contributed by atoms with van der Waals surface area (Å²) in [5.41, 5.74) is 4.71. The largest absolute Gasteiger partial charge is 0.484 e. The van der Waals surface area contributed by atoms with Crippen LogP contribution in [0.5, 0.6) is 5.75 Å². The highest BCUT2D eigenvalue weighted by molar-refractivity contribution is 5.94. The molecule has 0 aliphatic carbocycles. The van der Waals surface area contributed by atoms with Crippen molar-refractivity contribution in [2.45, 2.75) is 19.4 Å². The van der Waals surface area contributed by atoms with E-state index in [0.717, 1.165) is 0 Å². The Hall–Kier alpha value is -2.08. The van der Waals surface area contributed by atoms with E-state index in [4.69, 9.17) is 15.6 Å². The third-order valence-corrected chi connectivity index (χ3v) is 2.34. The van der Waals surface area contributed by atoms with Gasteiger partial charge < -0.3 is 20.9 Å². The average molecular weight is 266 g/mol. The van der Waals surface area contributed by atoms with E-state index in [9.17, 15) is 9.59 Å². The van der Waals surface area contributed by atoms with Crippen molar-refractivity contribution in [3.63, 3.8) is 0 Å². The van der Waals surface area contributed by atoms with Gasteiger partial charge in [-0.05, 0) is 38.1 Å². The number of amides is 2. The molecule has 6 nitrogen and oxygen atoms in total. The molecule has 0 unspecified atom stereocenters. The molecule has 0 spiro atoms. The fraction of sp³-hybridized carbons (Fsp3) is 0.385. The molecule has 0 bridgehead atoms. The van der Waals surface area contributed by atoms with E-state index >= 15 is 0 Å². The van der Waals surface area contributed by atoms with Crippen LogP contribution >= 0.6 is 0 Å². The highest BCUT2D eigenvalue weighted by Crippen LogP contribution is 2.13. The molecule has 0 saturated carbocycles. The number of rotatable bonds is 6. The molecule has 0 atom stereocenters. The van der Waals surface area contributed by atoms with Crippen molar-refractivity contribution >= 4 is 11.8 Å². The molecule has 0 radical (unpaired) electrons. The number of carbonyl (C=O) groups is 2. The van der Waals surface area contributed by atoms with Crippen LogP contribution in [0.1, 0.15) is 24.2 Å². The number of aliphatic hydroxyl groups is 1. The molecule has 0 aromatic heterocycles.